The summed E-state index contributed by atoms with van der Waals surface area (Å²) in [7, 11) is 0. The molecular formula is C17H19N3O. The van der Waals surface area contributed by atoms with Crippen molar-refractivity contribution in [2.45, 2.75) is 45.8 Å². The van der Waals surface area contributed by atoms with Crippen LogP contribution in [0.15, 0.2) is 18.2 Å². The molecule has 1 aromatic carbocycles. The first-order valence-electron chi connectivity index (χ1n) is 7.62. The van der Waals surface area contributed by atoms with Gasteiger partial charge in [0.05, 0.1) is 13.2 Å². The van der Waals surface area contributed by atoms with E-state index in [-0.39, 0.29) is 0 Å². The molecule has 0 spiro atoms. The molecular weight excluding hydrogens is 262 g/mol. The van der Waals surface area contributed by atoms with Crippen molar-refractivity contribution in [3.8, 4) is 0 Å². The maximum Gasteiger partial charge on any atom is 0.137 e. The highest BCUT2D eigenvalue weighted by molar-refractivity contribution is 5.62. The van der Waals surface area contributed by atoms with Gasteiger partial charge in [-0.05, 0) is 55.9 Å². The minimum absolute atomic E-state index is 0.714. The van der Waals surface area contributed by atoms with E-state index in [1.807, 2.05) is 6.92 Å². The lowest BCUT2D eigenvalue weighted by Gasteiger charge is -2.19. The molecule has 4 heteroatoms. The molecule has 0 fully saturated rings. The highest BCUT2D eigenvalue weighted by Gasteiger charge is 2.17. The van der Waals surface area contributed by atoms with Gasteiger partial charge in [0.2, 0.25) is 0 Å². The molecule has 4 rings (SSSR count). The molecule has 0 amide bonds. The van der Waals surface area contributed by atoms with Crippen LogP contribution in [0, 0.1) is 6.92 Å². The zero-order valence-corrected chi connectivity index (χ0v) is 12.3. The van der Waals surface area contributed by atoms with Crippen molar-refractivity contribution in [2.24, 2.45) is 0 Å². The Hall–Kier alpha value is -1.94. The molecule has 2 aliphatic rings. The van der Waals surface area contributed by atoms with Gasteiger partial charge in [-0.3, -0.25) is 0 Å². The lowest BCUT2D eigenvalue weighted by Crippen LogP contribution is -2.12. The Balaban J connectivity index is 1.69. The van der Waals surface area contributed by atoms with Gasteiger partial charge in [0.25, 0.3) is 0 Å². The maximum absolute atomic E-state index is 5.48. The quantitative estimate of drug-likeness (QED) is 0.916. The molecule has 21 heavy (non-hydrogen) atoms. The molecule has 1 N–H and O–H groups in total. The number of hydrogen-bond donors (Lipinski definition) is 1. The molecule has 108 valence electrons. The molecule has 0 saturated carbocycles. The summed E-state index contributed by atoms with van der Waals surface area (Å²) in [5.41, 5.74) is 6.18. The normalized spacial score (nSPS) is 16.4. The zero-order chi connectivity index (χ0) is 14.2. The van der Waals surface area contributed by atoms with E-state index in [0.29, 0.717) is 6.61 Å². The summed E-state index contributed by atoms with van der Waals surface area (Å²) in [5.74, 6) is 1.83. The number of nitrogens with zero attached hydrogens (tertiary/aromatic N) is 2. The summed E-state index contributed by atoms with van der Waals surface area (Å²) in [6.07, 6.45) is 4.61. The van der Waals surface area contributed by atoms with Gasteiger partial charge >= 0.3 is 0 Å². The van der Waals surface area contributed by atoms with Gasteiger partial charge in [-0.1, -0.05) is 6.07 Å². The largest absolute Gasteiger partial charge is 0.372 e. The average molecular weight is 281 g/mol. The predicted molar refractivity (Wildman–Crippen MR) is 81.6 cm³/mol. The molecule has 2 aromatic rings. The summed E-state index contributed by atoms with van der Waals surface area (Å²) in [5, 5.41) is 3.50. The van der Waals surface area contributed by atoms with Crippen molar-refractivity contribution >= 4 is 11.5 Å². The fourth-order valence-electron chi connectivity index (χ4n) is 3.21. The zero-order valence-electron chi connectivity index (χ0n) is 12.3. The second-order valence-electron chi connectivity index (χ2n) is 5.85. The van der Waals surface area contributed by atoms with Crippen LogP contribution in [0.1, 0.15) is 41.1 Å². The number of benzene rings is 1. The lowest BCUT2D eigenvalue weighted by atomic mass is 9.96. The van der Waals surface area contributed by atoms with Crippen molar-refractivity contribution in [3.05, 3.63) is 46.4 Å². The van der Waals surface area contributed by atoms with Crippen LogP contribution in [-0.2, 0) is 30.8 Å². The molecule has 1 aromatic heterocycles. The molecule has 0 atom stereocenters. The number of aryl methyl sites for hydroxylation is 2. The molecule has 0 saturated heterocycles. The smallest absolute Gasteiger partial charge is 0.137 e. The SMILES string of the molecule is Cc1nc2c(c(Nc3ccc4c(c3)COC4)n1)CCCC2. The second kappa shape index (κ2) is 5.11. The van der Waals surface area contributed by atoms with Gasteiger partial charge in [0, 0.05) is 16.9 Å². The molecule has 4 nitrogen and oxygen atoms in total. The van der Waals surface area contributed by atoms with E-state index in [0.717, 1.165) is 36.8 Å². The van der Waals surface area contributed by atoms with Gasteiger partial charge in [-0.15, -0.1) is 0 Å². The summed E-state index contributed by atoms with van der Waals surface area (Å²) in [6.45, 7) is 3.42. The van der Waals surface area contributed by atoms with Gasteiger partial charge in [0.15, 0.2) is 0 Å². The third-order valence-electron chi connectivity index (χ3n) is 4.28. The van der Waals surface area contributed by atoms with Gasteiger partial charge in [-0.2, -0.15) is 0 Å². The van der Waals surface area contributed by atoms with Crippen molar-refractivity contribution in [3.63, 3.8) is 0 Å². The minimum atomic E-state index is 0.714. The van der Waals surface area contributed by atoms with E-state index in [4.69, 9.17) is 4.74 Å². The number of ether oxygens (including phenoxy) is 1. The van der Waals surface area contributed by atoms with Gasteiger partial charge in [0.1, 0.15) is 11.6 Å². The van der Waals surface area contributed by atoms with Crippen LogP contribution in [0.25, 0.3) is 0 Å². The van der Waals surface area contributed by atoms with E-state index in [1.165, 1.54) is 35.2 Å². The van der Waals surface area contributed by atoms with Crippen LogP contribution in [0.2, 0.25) is 0 Å². The fraction of sp³-hybridized carbons (Fsp3) is 0.412. The van der Waals surface area contributed by atoms with E-state index < -0.39 is 0 Å². The summed E-state index contributed by atoms with van der Waals surface area (Å²) in [6, 6.07) is 6.43. The monoisotopic (exact) mass is 281 g/mol. The highest BCUT2D eigenvalue weighted by Crippen LogP contribution is 2.29. The number of hydrogen-bond acceptors (Lipinski definition) is 4. The van der Waals surface area contributed by atoms with Crippen LogP contribution in [-0.4, -0.2) is 9.97 Å². The molecule has 0 radical (unpaired) electrons. The Morgan fingerprint density at radius 1 is 1.05 bits per heavy atom. The predicted octanol–water partition coefficient (Wildman–Crippen LogP) is 3.44. The summed E-state index contributed by atoms with van der Waals surface area (Å²) >= 11 is 0. The second-order valence-corrected chi connectivity index (χ2v) is 5.85. The fourth-order valence-corrected chi connectivity index (χ4v) is 3.21. The Kier molecular flexibility index (Phi) is 3.11. The average Bonchev–Trinajstić information content (AvgIpc) is 2.94. The van der Waals surface area contributed by atoms with Crippen molar-refractivity contribution < 1.29 is 4.74 Å². The number of aromatic nitrogens is 2. The highest BCUT2D eigenvalue weighted by atomic mass is 16.5. The van der Waals surface area contributed by atoms with Crippen molar-refractivity contribution in [1.82, 2.24) is 9.97 Å². The Morgan fingerprint density at radius 2 is 1.90 bits per heavy atom. The third kappa shape index (κ3) is 2.40. The van der Waals surface area contributed by atoms with E-state index in [9.17, 15) is 0 Å². The van der Waals surface area contributed by atoms with E-state index in [1.54, 1.807) is 0 Å². The maximum atomic E-state index is 5.48. The third-order valence-corrected chi connectivity index (χ3v) is 4.28. The Bertz CT molecular complexity index is 697. The molecule has 0 bridgehead atoms. The van der Waals surface area contributed by atoms with E-state index in [2.05, 4.69) is 33.5 Å². The summed E-state index contributed by atoms with van der Waals surface area (Å²) in [4.78, 5) is 9.22. The molecule has 2 heterocycles. The molecule has 1 aliphatic carbocycles. The van der Waals surface area contributed by atoms with Crippen LogP contribution in [0.4, 0.5) is 11.5 Å². The first-order valence-corrected chi connectivity index (χ1v) is 7.62. The number of fused-ring (bicyclic) bond motifs is 2. The topological polar surface area (TPSA) is 47.0 Å². The number of nitrogens with one attached hydrogen (secondary N) is 1. The van der Waals surface area contributed by atoms with Crippen LogP contribution in [0.5, 0.6) is 0 Å². The van der Waals surface area contributed by atoms with Gasteiger partial charge < -0.3 is 10.1 Å². The first-order chi connectivity index (χ1) is 10.3. The number of rotatable bonds is 2. The van der Waals surface area contributed by atoms with Crippen LogP contribution < -0.4 is 5.32 Å². The molecule has 0 unspecified atom stereocenters. The minimum Gasteiger partial charge on any atom is -0.372 e. The molecule has 1 aliphatic heterocycles. The number of anilines is 2. The Morgan fingerprint density at radius 3 is 2.86 bits per heavy atom. The van der Waals surface area contributed by atoms with Crippen molar-refractivity contribution in [1.29, 1.82) is 0 Å². The lowest BCUT2D eigenvalue weighted by molar-refractivity contribution is 0.134. The van der Waals surface area contributed by atoms with Crippen molar-refractivity contribution in [2.75, 3.05) is 5.32 Å². The first kappa shape index (κ1) is 12.8. The van der Waals surface area contributed by atoms with E-state index >= 15 is 0 Å². The van der Waals surface area contributed by atoms with Crippen LogP contribution in [0.3, 0.4) is 0 Å². The Labute approximate surface area is 124 Å². The standard InChI is InChI=1S/C17H19N3O/c1-11-18-16-5-3-2-4-15(16)17(19-11)20-14-7-6-12-9-21-10-13(12)8-14/h6-8H,2-5,9-10H2,1H3,(H,18,19,20). The van der Waals surface area contributed by atoms with Gasteiger partial charge in [-0.25, -0.2) is 9.97 Å². The van der Waals surface area contributed by atoms with Crippen LogP contribution >= 0.6 is 0 Å². The summed E-state index contributed by atoms with van der Waals surface area (Å²) < 4.78 is 5.48.